The van der Waals surface area contributed by atoms with Crippen molar-refractivity contribution in [2.45, 2.75) is 43.8 Å². The molecule has 4 nitrogen and oxygen atoms in total. The van der Waals surface area contributed by atoms with Gasteiger partial charge in [-0.3, -0.25) is 9.78 Å². The van der Waals surface area contributed by atoms with E-state index in [4.69, 9.17) is 4.74 Å². The molecule has 1 aliphatic carbocycles. The summed E-state index contributed by atoms with van der Waals surface area (Å²) in [5.41, 5.74) is 0.0768. The smallest absolute Gasteiger partial charge is 0.316 e. The minimum atomic E-state index is -1.14. The van der Waals surface area contributed by atoms with E-state index in [2.05, 4.69) is 4.98 Å². The maximum atomic E-state index is 13.2. The molecule has 0 radical (unpaired) electrons. The molecule has 1 unspecified atom stereocenters. The Bertz CT molecular complexity index is 682. The monoisotopic (exact) mass is 329 g/mol. The molecule has 1 aromatic carbocycles. The summed E-state index contributed by atoms with van der Waals surface area (Å²) < 4.78 is 18.6. The van der Waals surface area contributed by atoms with Crippen LogP contribution in [0.2, 0.25) is 0 Å². The Labute approximate surface area is 140 Å². The van der Waals surface area contributed by atoms with Gasteiger partial charge in [-0.1, -0.05) is 31.0 Å². The van der Waals surface area contributed by atoms with Crippen LogP contribution in [0.3, 0.4) is 0 Å². The van der Waals surface area contributed by atoms with Gasteiger partial charge in [-0.25, -0.2) is 4.39 Å². The highest BCUT2D eigenvalue weighted by Gasteiger charge is 2.45. The van der Waals surface area contributed by atoms with Crippen LogP contribution in [0.1, 0.15) is 42.9 Å². The number of hydrogen-bond acceptors (Lipinski definition) is 4. The van der Waals surface area contributed by atoms with Crippen LogP contribution in [0.5, 0.6) is 0 Å². The van der Waals surface area contributed by atoms with E-state index in [0.29, 0.717) is 24.1 Å². The number of carbonyl (C=O) groups excluding carboxylic acids is 1. The van der Waals surface area contributed by atoms with Crippen LogP contribution in [0, 0.1) is 5.82 Å². The highest BCUT2D eigenvalue weighted by molar-refractivity contribution is 5.80. The molecular weight excluding hydrogens is 309 g/mol. The summed E-state index contributed by atoms with van der Waals surface area (Å²) in [6.07, 6.45) is 4.43. The van der Waals surface area contributed by atoms with Crippen molar-refractivity contribution in [1.82, 2.24) is 4.98 Å². The second-order valence-electron chi connectivity index (χ2n) is 6.22. The molecule has 1 saturated carbocycles. The number of halogens is 1. The fourth-order valence-corrected chi connectivity index (χ4v) is 3.31. The number of rotatable bonds is 5. The van der Waals surface area contributed by atoms with E-state index < -0.39 is 17.5 Å². The first kappa shape index (κ1) is 16.6. The van der Waals surface area contributed by atoms with Crippen LogP contribution >= 0.6 is 0 Å². The predicted octanol–water partition coefficient (Wildman–Crippen LogP) is 3.35. The molecule has 126 valence electrons. The first-order valence-corrected chi connectivity index (χ1v) is 8.13. The molecule has 0 bridgehead atoms. The molecule has 1 fully saturated rings. The van der Waals surface area contributed by atoms with E-state index in [9.17, 15) is 14.3 Å². The Morgan fingerprint density at radius 3 is 2.54 bits per heavy atom. The second kappa shape index (κ2) is 7.09. The fraction of sp³-hybridized carbons (Fsp3) is 0.368. The zero-order valence-electron chi connectivity index (χ0n) is 13.3. The lowest BCUT2D eigenvalue weighted by atomic mass is 9.80. The van der Waals surface area contributed by atoms with Crippen LogP contribution in [-0.4, -0.2) is 21.7 Å². The third-order valence-electron chi connectivity index (χ3n) is 4.53. The lowest BCUT2D eigenvalue weighted by molar-refractivity contribution is -0.154. The van der Waals surface area contributed by atoms with Crippen molar-refractivity contribution in [3.8, 4) is 0 Å². The van der Waals surface area contributed by atoms with Crippen LogP contribution in [0.4, 0.5) is 4.39 Å². The van der Waals surface area contributed by atoms with E-state index in [-0.39, 0.29) is 12.4 Å². The first-order chi connectivity index (χ1) is 11.6. The molecule has 3 rings (SSSR count). The van der Waals surface area contributed by atoms with Crippen molar-refractivity contribution in [2.75, 3.05) is 0 Å². The van der Waals surface area contributed by atoms with Gasteiger partial charge >= 0.3 is 5.97 Å². The molecule has 1 aliphatic rings. The zero-order chi connectivity index (χ0) is 17.0. The van der Waals surface area contributed by atoms with E-state index >= 15 is 0 Å². The molecule has 2 aromatic rings. The number of pyridine rings is 1. The largest absolute Gasteiger partial charge is 0.459 e. The van der Waals surface area contributed by atoms with Gasteiger partial charge in [0.25, 0.3) is 0 Å². The first-order valence-electron chi connectivity index (χ1n) is 8.13. The summed E-state index contributed by atoms with van der Waals surface area (Å²) in [7, 11) is 0. The number of aromatic nitrogens is 1. The lowest BCUT2D eigenvalue weighted by Gasteiger charge is -2.31. The van der Waals surface area contributed by atoms with Gasteiger partial charge in [0.15, 0.2) is 0 Å². The topological polar surface area (TPSA) is 59.4 Å². The molecule has 1 atom stereocenters. The van der Waals surface area contributed by atoms with Crippen LogP contribution in [0.25, 0.3) is 0 Å². The van der Waals surface area contributed by atoms with Crippen molar-refractivity contribution in [1.29, 1.82) is 0 Å². The van der Waals surface area contributed by atoms with Crippen molar-refractivity contribution in [2.24, 2.45) is 0 Å². The molecule has 0 saturated heterocycles. The number of benzene rings is 1. The minimum absolute atomic E-state index is 0.0491. The molecule has 5 heteroatoms. The Morgan fingerprint density at radius 1 is 1.21 bits per heavy atom. The number of carbonyl (C=O) groups is 1. The SMILES string of the molecule is O=C(OCc1ccccn1)C(c1ccc(F)cc1)C1(O)CCCC1. The summed E-state index contributed by atoms with van der Waals surface area (Å²) in [6, 6.07) is 11.0. The summed E-state index contributed by atoms with van der Waals surface area (Å²) in [4.78, 5) is 16.8. The molecule has 24 heavy (non-hydrogen) atoms. The summed E-state index contributed by atoms with van der Waals surface area (Å²) in [5, 5.41) is 10.9. The summed E-state index contributed by atoms with van der Waals surface area (Å²) in [5.74, 6) is -1.70. The average molecular weight is 329 g/mol. The van der Waals surface area contributed by atoms with Crippen molar-refractivity contribution in [3.05, 3.63) is 65.7 Å². The van der Waals surface area contributed by atoms with Crippen molar-refractivity contribution < 1.29 is 19.0 Å². The van der Waals surface area contributed by atoms with E-state index in [0.717, 1.165) is 12.8 Å². The highest BCUT2D eigenvalue weighted by atomic mass is 19.1. The van der Waals surface area contributed by atoms with Crippen LogP contribution < -0.4 is 0 Å². The number of esters is 1. The van der Waals surface area contributed by atoms with Crippen molar-refractivity contribution >= 4 is 5.97 Å². The second-order valence-corrected chi connectivity index (χ2v) is 6.22. The van der Waals surface area contributed by atoms with Crippen LogP contribution in [-0.2, 0) is 16.1 Å². The summed E-state index contributed by atoms with van der Waals surface area (Å²) in [6.45, 7) is 0.0491. The van der Waals surface area contributed by atoms with Gasteiger partial charge in [0.05, 0.1) is 11.3 Å². The number of nitrogens with zero attached hydrogens (tertiary/aromatic N) is 1. The standard InChI is InChI=1S/C19H20FNO3/c20-15-8-6-14(7-9-15)17(19(23)10-2-3-11-19)18(22)24-13-16-5-1-4-12-21-16/h1,4-9,12,17,23H,2-3,10-11,13H2. The summed E-state index contributed by atoms with van der Waals surface area (Å²) >= 11 is 0. The highest BCUT2D eigenvalue weighted by Crippen LogP contribution is 2.42. The molecule has 1 aromatic heterocycles. The lowest BCUT2D eigenvalue weighted by Crippen LogP contribution is -2.39. The third kappa shape index (κ3) is 3.62. The van der Waals surface area contributed by atoms with Crippen molar-refractivity contribution in [3.63, 3.8) is 0 Å². The molecule has 1 heterocycles. The van der Waals surface area contributed by atoms with Gasteiger partial charge in [-0.05, 0) is 42.7 Å². The normalized spacial score (nSPS) is 17.4. The van der Waals surface area contributed by atoms with Crippen LogP contribution in [0.15, 0.2) is 48.7 Å². The number of aliphatic hydroxyl groups is 1. The fourth-order valence-electron chi connectivity index (χ4n) is 3.31. The Balaban J connectivity index is 1.81. The molecular formula is C19H20FNO3. The number of hydrogen-bond donors (Lipinski definition) is 1. The van der Waals surface area contributed by atoms with Gasteiger partial charge in [0.2, 0.25) is 0 Å². The average Bonchev–Trinajstić information content (AvgIpc) is 3.03. The maximum absolute atomic E-state index is 13.2. The van der Waals surface area contributed by atoms with Gasteiger partial charge in [0, 0.05) is 6.20 Å². The van der Waals surface area contributed by atoms with Gasteiger partial charge < -0.3 is 9.84 Å². The maximum Gasteiger partial charge on any atom is 0.316 e. The molecule has 0 amide bonds. The van der Waals surface area contributed by atoms with Gasteiger partial charge in [0.1, 0.15) is 18.3 Å². The molecule has 0 aliphatic heterocycles. The molecule has 0 spiro atoms. The Morgan fingerprint density at radius 2 is 1.92 bits per heavy atom. The quantitative estimate of drug-likeness (QED) is 0.855. The van der Waals surface area contributed by atoms with E-state index in [1.807, 2.05) is 6.07 Å². The third-order valence-corrected chi connectivity index (χ3v) is 4.53. The zero-order valence-corrected chi connectivity index (χ0v) is 13.3. The van der Waals surface area contributed by atoms with E-state index in [1.165, 1.54) is 24.3 Å². The van der Waals surface area contributed by atoms with Gasteiger partial charge in [-0.2, -0.15) is 0 Å². The Kier molecular flexibility index (Phi) is 4.90. The minimum Gasteiger partial charge on any atom is -0.459 e. The van der Waals surface area contributed by atoms with Gasteiger partial charge in [-0.15, -0.1) is 0 Å². The van der Waals surface area contributed by atoms with E-state index in [1.54, 1.807) is 18.3 Å². The molecule has 1 N–H and O–H groups in total. The Hall–Kier alpha value is -2.27. The predicted molar refractivity (Wildman–Crippen MR) is 86.6 cm³/mol. The number of ether oxygens (including phenoxy) is 1.